The van der Waals surface area contributed by atoms with Gasteiger partial charge in [-0.3, -0.25) is 4.79 Å². The van der Waals surface area contributed by atoms with Crippen LogP contribution >= 0.6 is 11.3 Å². The molecule has 0 bridgehead atoms. The predicted octanol–water partition coefficient (Wildman–Crippen LogP) is 1.71. The third-order valence-electron chi connectivity index (χ3n) is 3.49. The summed E-state index contributed by atoms with van der Waals surface area (Å²) in [5, 5.41) is 19.3. The molecule has 1 atom stereocenters. The van der Waals surface area contributed by atoms with Gasteiger partial charge in [0, 0.05) is 23.8 Å². The van der Waals surface area contributed by atoms with Gasteiger partial charge in [0.05, 0.1) is 0 Å². The van der Waals surface area contributed by atoms with Crippen LogP contribution in [-0.2, 0) is 16.0 Å². The Balaban J connectivity index is 1.51. The van der Waals surface area contributed by atoms with Crippen LogP contribution in [0.15, 0.2) is 21.3 Å². The summed E-state index contributed by atoms with van der Waals surface area (Å²) in [4.78, 5) is 27.1. The lowest BCUT2D eigenvalue weighted by atomic mass is 10.1. The van der Waals surface area contributed by atoms with Crippen LogP contribution in [0.25, 0.3) is 11.4 Å². The molecule has 0 aliphatic heterocycles. The second-order valence-electron chi connectivity index (χ2n) is 5.24. The highest BCUT2D eigenvalue weighted by atomic mass is 32.1. The fourth-order valence-electron chi connectivity index (χ4n) is 2.14. The highest BCUT2D eigenvalue weighted by Crippen LogP contribution is 2.32. The molecule has 0 spiro atoms. The number of hydrogen-bond acceptors (Lipinski definition) is 6. The van der Waals surface area contributed by atoms with Gasteiger partial charge in [0.1, 0.15) is 6.04 Å². The summed E-state index contributed by atoms with van der Waals surface area (Å²) >= 11 is 1.54. The summed E-state index contributed by atoms with van der Waals surface area (Å²) in [6, 6.07) is 1.11. The minimum Gasteiger partial charge on any atom is -0.480 e. The van der Waals surface area contributed by atoms with E-state index in [4.69, 9.17) is 9.63 Å². The van der Waals surface area contributed by atoms with Crippen molar-refractivity contribution in [2.75, 3.05) is 0 Å². The molecule has 3 rings (SSSR count). The highest BCUT2D eigenvalue weighted by molar-refractivity contribution is 7.08. The SMILES string of the molecule is O=C(CCc1nc(-c2ccsc2)no1)NC(C(=O)O)C1CC1. The molecule has 7 nitrogen and oxygen atoms in total. The molecule has 116 valence electrons. The van der Waals surface area contributed by atoms with Crippen molar-refractivity contribution in [1.82, 2.24) is 15.5 Å². The predicted molar refractivity (Wildman–Crippen MR) is 78.2 cm³/mol. The van der Waals surface area contributed by atoms with Gasteiger partial charge >= 0.3 is 5.97 Å². The number of aryl methyl sites for hydroxylation is 1. The first-order valence-electron chi connectivity index (χ1n) is 7.01. The molecule has 2 aromatic rings. The minimum absolute atomic E-state index is 0.0649. The van der Waals surface area contributed by atoms with E-state index in [1.165, 1.54) is 11.3 Å². The standard InChI is InChI=1S/C14H15N3O4S/c18-10(15-12(14(19)20)8-1-2-8)3-4-11-16-13(17-21-11)9-5-6-22-7-9/h5-8,12H,1-4H2,(H,15,18)(H,19,20). The molecule has 1 fully saturated rings. The topological polar surface area (TPSA) is 105 Å². The Labute approximate surface area is 130 Å². The molecule has 0 saturated heterocycles. The number of hydrogen-bond donors (Lipinski definition) is 2. The summed E-state index contributed by atoms with van der Waals surface area (Å²) in [5.41, 5.74) is 0.879. The summed E-state index contributed by atoms with van der Waals surface area (Å²) in [7, 11) is 0. The summed E-state index contributed by atoms with van der Waals surface area (Å²) < 4.78 is 5.10. The van der Waals surface area contributed by atoms with Crippen molar-refractivity contribution in [2.24, 2.45) is 5.92 Å². The number of aliphatic carboxylic acids is 1. The monoisotopic (exact) mass is 321 g/mol. The van der Waals surface area contributed by atoms with Crippen LogP contribution in [0.1, 0.15) is 25.2 Å². The van der Waals surface area contributed by atoms with Crippen molar-refractivity contribution in [3.63, 3.8) is 0 Å². The number of aromatic nitrogens is 2. The maximum atomic E-state index is 11.8. The van der Waals surface area contributed by atoms with Gasteiger partial charge in [0.25, 0.3) is 0 Å². The normalized spacial score (nSPS) is 15.5. The van der Waals surface area contributed by atoms with Crippen LogP contribution in [0.3, 0.4) is 0 Å². The molecule has 1 aliphatic carbocycles. The molecular formula is C14H15N3O4S. The number of carbonyl (C=O) groups excluding carboxylic acids is 1. The summed E-state index contributed by atoms with van der Waals surface area (Å²) in [6.07, 6.45) is 2.12. The van der Waals surface area contributed by atoms with E-state index in [0.717, 1.165) is 18.4 Å². The number of carbonyl (C=O) groups is 2. The zero-order chi connectivity index (χ0) is 15.5. The van der Waals surface area contributed by atoms with Crippen molar-refractivity contribution in [2.45, 2.75) is 31.7 Å². The zero-order valence-corrected chi connectivity index (χ0v) is 12.5. The van der Waals surface area contributed by atoms with E-state index in [0.29, 0.717) is 18.1 Å². The second kappa shape index (κ2) is 6.27. The highest BCUT2D eigenvalue weighted by Gasteiger charge is 2.37. The summed E-state index contributed by atoms with van der Waals surface area (Å²) in [5.74, 6) is -0.356. The largest absolute Gasteiger partial charge is 0.480 e. The molecule has 0 aromatic carbocycles. The lowest BCUT2D eigenvalue weighted by molar-refractivity contribution is -0.142. The van der Waals surface area contributed by atoms with Gasteiger partial charge < -0.3 is 14.9 Å². The molecule has 1 aliphatic rings. The van der Waals surface area contributed by atoms with Gasteiger partial charge in [-0.25, -0.2) is 4.79 Å². The minimum atomic E-state index is -0.978. The third kappa shape index (κ3) is 3.51. The molecule has 2 N–H and O–H groups in total. The van der Waals surface area contributed by atoms with E-state index < -0.39 is 12.0 Å². The average Bonchev–Trinajstić information content (AvgIpc) is 3.01. The van der Waals surface area contributed by atoms with Crippen LogP contribution in [0.5, 0.6) is 0 Å². The van der Waals surface area contributed by atoms with Crippen molar-refractivity contribution in [3.05, 3.63) is 22.7 Å². The van der Waals surface area contributed by atoms with E-state index in [1.54, 1.807) is 0 Å². The average molecular weight is 321 g/mol. The van der Waals surface area contributed by atoms with Gasteiger partial charge in [-0.1, -0.05) is 5.16 Å². The Kier molecular flexibility index (Phi) is 4.19. The van der Waals surface area contributed by atoms with Gasteiger partial charge in [-0.05, 0) is 30.2 Å². The van der Waals surface area contributed by atoms with Crippen LogP contribution in [0.2, 0.25) is 0 Å². The smallest absolute Gasteiger partial charge is 0.326 e. The van der Waals surface area contributed by atoms with E-state index in [1.807, 2.05) is 16.8 Å². The number of carboxylic acid groups (broad SMARTS) is 1. The number of nitrogens with one attached hydrogen (secondary N) is 1. The molecule has 1 amide bonds. The molecular weight excluding hydrogens is 306 g/mol. The Hall–Kier alpha value is -2.22. The van der Waals surface area contributed by atoms with Crippen molar-refractivity contribution < 1.29 is 19.2 Å². The maximum Gasteiger partial charge on any atom is 0.326 e. The third-order valence-corrected chi connectivity index (χ3v) is 4.17. The van der Waals surface area contributed by atoms with Crippen LogP contribution in [0, 0.1) is 5.92 Å². The maximum absolute atomic E-state index is 11.8. The molecule has 1 unspecified atom stereocenters. The summed E-state index contributed by atoms with van der Waals surface area (Å²) in [6.45, 7) is 0. The van der Waals surface area contributed by atoms with Crippen molar-refractivity contribution in [1.29, 1.82) is 0 Å². The molecule has 22 heavy (non-hydrogen) atoms. The zero-order valence-electron chi connectivity index (χ0n) is 11.7. The number of thiophene rings is 1. The fraction of sp³-hybridized carbons (Fsp3) is 0.429. The molecule has 0 radical (unpaired) electrons. The van der Waals surface area contributed by atoms with Crippen LogP contribution < -0.4 is 5.32 Å². The molecule has 2 aromatic heterocycles. The van der Waals surface area contributed by atoms with Crippen molar-refractivity contribution >= 4 is 23.2 Å². The van der Waals surface area contributed by atoms with Gasteiger partial charge in [-0.15, -0.1) is 0 Å². The lowest BCUT2D eigenvalue weighted by Crippen LogP contribution is -2.42. The lowest BCUT2D eigenvalue weighted by Gasteiger charge is -2.12. The molecule has 1 saturated carbocycles. The Bertz CT molecular complexity index is 663. The van der Waals surface area contributed by atoms with E-state index in [-0.39, 0.29) is 18.2 Å². The fourth-order valence-corrected chi connectivity index (χ4v) is 2.78. The van der Waals surface area contributed by atoms with E-state index in [9.17, 15) is 9.59 Å². The number of nitrogens with zero attached hydrogens (tertiary/aromatic N) is 2. The van der Waals surface area contributed by atoms with E-state index in [2.05, 4.69) is 15.5 Å². The quantitative estimate of drug-likeness (QED) is 0.804. The first-order valence-corrected chi connectivity index (χ1v) is 7.95. The molecule has 2 heterocycles. The number of rotatable bonds is 7. The Morgan fingerprint density at radius 1 is 1.50 bits per heavy atom. The van der Waals surface area contributed by atoms with Crippen molar-refractivity contribution in [3.8, 4) is 11.4 Å². The number of amides is 1. The van der Waals surface area contributed by atoms with Gasteiger partial charge in [0.2, 0.25) is 17.6 Å². The van der Waals surface area contributed by atoms with Gasteiger partial charge in [-0.2, -0.15) is 16.3 Å². The van der Waals surface area contributed by atoms with E-state index >= 15 is 0 Å². The van der Waals surface area contributed by atoms with Crippen LogP contribution in [0.4, 0.5) is 0 Å². The Morgan fingerprint density at radius 3 is 2.95 bits per heavy atom. The number of carboxylic acids is 1. The van der Waals surface area contributed by atoms with Crippen LogP contribution in [-0.4, -0.2) is 33.2 Å². The van der Waals surface area contributed by atoms with Gasteiger partial charge in [0.15, 0.2) is 0 Å². The first-order chi connectivity index (χ1) is 10.6. The second-order valence-corrected chi connectivity index (χ2v) is 6.02. The molecule has 8 heteroatoms. The Morgan fingerprint density at radius 2 is 2.32 bits per heavy atom. The first kappa shape index (κ1) is 14.7.